The summed E-state index contributed by atoms with van der Waals surface area (Å²) in [5.74, 6) is -0.837. The number of carbonyl (C=O) groups excluding carboxylic acids is 2. The monoisotopic (exact) mass is 772 g/mol. The number of rotatable bonds is 41. The summed E-state index contributed by atoms with van der Waals surface area (Å²) in [6.07, 6.45) is 42.1. The van der Waals surface area contributed by atoms with Gasteiger partial charge in [0.25, 0.3) is 0 Å². The summed E-state index contributed by atoms with van der Waals surface area (Å²) in [4.78, 5) is 34.8. The fourth-order valence-electron chi connectivity index (χ4n) is 6.06. The minimum Gasteiger partial charge on any atom is -0.462 e. The second-order valence-electron chi connectivity index (χ2n) is 14.6. The van der Waals surface area contributed by atoms with Crippen LogP contribution in [0.5, 0.6) is 0 Å². The van der Waals surface area contributed by atoms with Gasteiger partial charge in [-0.3, -0.25) is 18.6 Å². The minimum absolute atomic E-state index is 0.0524. The number of ether oxygens (including phenoxy) is 2. The number of nitrogens with two attached hydrogens (primary N) is 1. The van der Waals surface area contributed by atoms with Gasteiger partial charge in [0.1, 0.15) is 6.61 Å². The molecule has 0 rings (SSSR count). The van der Waals surface area contributed by atoms with Crippen LogP contribution in [0.4, 0.5) is 0 Å². The first-order chi connectivity index (χ1) is 25.8. The number of carbonyl (C=O) groups is 2. The zero-order chi connectivity index (χ0) is 38.9. The van der Waals surface area contributed by atoms with Crippen molar-refractivity contribution in [3.05, 3.63) is 24.3 Å². The first-order valence-electron chi connectivity index (χ1n) is 21.8. The summed E-state index contributed by atoms with van der Waals surface area (Å²) >= 11 is 0. The molecular formula is C43H82NO8P. The van der Waals surface area contributed by atoms with Crippen LogP contribution < -0.4 is 5.73 Å². The smallest absolute Gasteiger partial charge is 0.462 e. The van der Waals surface area contributed by atoms with Crippen molar-refractivity contribution in [2.75, 3.05) is 26.4 Å². The van der Waals surface area contributed by atoms with Crippen LogP contribution in [0.15, 0.2) is 24.3 Å². The molecule has 0 aromatic carbocycles. The van der Waals surface area contributed by atoms with E-state index >= 15 is 0 Å². The van der Waals surface area contributed by atoms with Crippen LogP contribution in [0.3, 0.4) is 0 Å². The first kappa shape index (κ1) is 51.5. The maximum absolute atomic E-state index is 12.6. The fourth-order valence-corrected chi connectivity index (χ4v) is 6.83. The molecule has 0 aliphatic carbocycles. The molecule has 0 aliphatic rings. The number of allylic oxidation sites excluding steroid dienone is 4. The normalized spacial score (nSPS) is 13.5. The first-order valence-corrected chi connectivity index (χ1v) is 23.3. The Labute approximate surface area is 325 Å². The van der Waals surface area contributed by atoms with Gasteiger partial charge in [-0.2, -0.15) is 0 Å². The number of phosphoric acid groups is 1. The standard InChI is InChI=1S/C43H82NO8P/c1-3-5-7-9-11-13-15-17-19-20-21-22-24-25-27-29-31-33-35-42(45)49-39-41(40-51-53(47,48)50-38-37-44)52-43(46)36-34-32-30-28-26-23-18-16-14-12-10-8-6-4-2/h10,12,16,18,41H,3-9,11,13-15,17,19-40,44H2,1-2H3,(H,47,48)/b12-10-,18-16-/t41-/m1/s1. The van der Waals surface area contributed by atoms with E-state index in [1.165, 1.54) is 109 Å². The molecule has 9 nitrogen and oxygen atoms in total. The van der Waals surface area contributed by atoms with Crippen molar-refractivity contribution in [3.8, 4) is 0 Å². The lowest BCUT2D eigenvalue weighted by molar-refractivity contribution is -0.161. The van der Waals surface area contributed by atoms with Crippen LogP contribution in [0.1, 0.15) is 206 Å². The highest BCUT2D eigenvalue weighted by Crippen LogP contribution is 2.43. The number of phosphoric ester groups is 1. The second kappa shape index (κ2) is 40.2. The lowest BCUT2D eigenvalue weighted by Gasteiger charge is -2.19. The van der Waals surface area contributed by atoms with E-state index in [1.807, 2.05) is 0 Å². The van der Waals surface area contributed by atoms with Crippen molar-refractivity contribution >= 4 is 19.8 Å². The van der Waals surface area contributed by atoms with E-state index in [1.54, 1.807) is 0 Å². The Morgan fingerprint density at radius 3 is 1.49 bits per heavy atom. The Kier molecular flexibility index (Phi) is 39.0. The molecule has 0 saturated carbocycles. The molecule has 0 bridgehead atoms. The van der Waals surface area contributed by atoms with Crippen molar-refractivity contribution in [1.29, 1.82) is 0 Å². The lowest BCUT2D eigenvalue weighted by Crippen LogP contribution is -2.29. The maximum Gasteiger partial charge on any atom is 0.472 e. The molecule has 2 atom stereocenters. The van der Waals surface area contributed by atoms with E-state index in [9.17, 15) is 19.0 Å². The Morgan fingerprint density at radius 2 is 1.00 bits per heavy atom. The van der Waals surface area contributed by atoms with Crippen molar-refractivity contribution < 1.29 is 37.6 Å². The number of unbranched alkanes of at least 4 members (excludes halogenated alkanes) is 24. The largest absolute Gasteiger partial charge is 0.472 e. The van der Waals surface area contributed by atoms with Crippen LogP contribution in [0.2, 0.25) is 0 Å². The van der Waals surface area contributed by atoms with Crippen molar-refractivity contribution in [3.63, 3.8) is 0 Å². The van der Waals surface area contributed by atoms with Crippen LogP contribution in [-0.4, -0.2) is 49.3 Å². The average Bonchev–Trinajstić information content (AvgIpc) is 3.14. The molecule has 53 heavy (non-hydrogen) atoms. The van der Waals surface area contributed by atoms with E-state index < -0.39 is 26.5 Å². The molecule has 10 heteroatoms. The third-order valence-electron chi connectivity index (χ3n) is 9.34. The molecule has 0 aromatic rings. The van der Waals surface area contributed by atoms with E-state index in [0.29, 0.717) is 6.42 Å². The van der Waals surface area contributed by atoms with Gasteiger partial charge in [0.05, 0.1) is 13.2 Å². The molecule has 1 unspecified atom stereocenters. The quantitative estimate of drug-likeness (QED) is 0.0269. The Balaban J connectivity index is 4.12. The van der Waals surface area contributed by atoms with E-state index in [0.717, 1.165) is 64.2 Å². The van der Waals surface area contributed by atoms with Gasteiger partial charge < -0.3 is 20.1 Å². The Bertz CT molecular complexity index is 928. The maximum atomic E-state index is 12.6. The van der Waals surface area contributed by atoms with Gasteiger partial charge in [-0.1, -0.05) is 179 Å². The van der Waals surface area contributed by atoms with Crippen molar-refractivity contribution in [2.45, 2.75) is 213 Å². The van der Waals surface area contributed by atoms with Gasteiger partial charge in [-0.15, -0.1) is 0 Å². The summed E-state index contributed by atoms with van der Waals surface area (Å²) in [6.45, 7) is 3.70. The SMILES string of the molecule is CCCC/C=C\C/C=C\CCCCCCCC(=O)O[C@H](COC(=O)CCCCCCCCCCCCCCCCCCCC)COP(=O)(O)OCCN. The summed E-state index contributed by atoms with van der Waals surface area (Å²) in [5, 5.41) is 0. The van der Waals surface area contributed by atoms with Crippen LogP contribution >= 0.6 is 7.82 Å². The molecule has 0 aliphatic heterocycles. The summed E-state index contributed by atoms with van der Waals surface area (Å²) < 4.78 is 32.8. The molecular weight excluding hydrogens is 689 g/mol. The zero-order valence-corrected chi connectivity index (χ0v) is 35.2. The predicted molar refractivity (Wildman–Crippen MR) is 220 cm³/mol. The molecule has 312 valence electrons. The molecule has 0 spiro atoms. The second-order valence-corrected chi connectivity index (χ2v) is 16.0. The van der Waals surface area contributed by atoms with Crippen molar-refractivity contribution in [1.82, 2.24) is 0 Å². The van der Waals surface area contributed by atoms with Gasteiger partial charge in [0.2, 0.25) is 0 Å². The molecule has 3 N–H and O–H groups in total. The van der Waals surface area contributed by atoms with E-state index in [-0.39, 0.29) is 38.6 Å². The van der Waals surface area contributed by atoms with Gasteiger partial charge in [0.15, 0.2) is 6.10 Å². The fraction of sp³-hybridized carbons (Fsp3) is 0.860. The number of hydrogen-bond acceptors (Lipinski definition) is 8. The van der Waals surface area contributed by atoms with Gasteiger partial charge in [-0.25, -0.2) is 4.57 Å². The van der Waals surface area contributed by atoms with Gasteiger partial charge in [-0.05, 0) is 38.5 Å². The zero-order valence-electron chi connectivity index (χ0n) is 34.3. The molecule has 0 fully saturated rings. The van der Waals surface area contributed by atoms with Gasteiger partial charge >= 0.3 is 19.8 Å². The highest BCUT2D eigenvalue weighted by atomic mass is 31.2. The van der Waals surface area contributed by atoms with Crippen LogP contribution in [0.25, 0.3) is 0 Å². The third-order valence-corrected chi connectivity index (χ3v) is 10.3. The summed E-state index contributed by atoms with van der Waals surface area (Å²) in [6, 6.07) is 0. The Morgan fingerprint density at radius 1 is 0.566 bits per heavy atom. The molecule has 0 aromatic heterocycles. The third kappa shape index (κ3) is 40.0. The molecule has 0 heterocycles. The van der Waals surface area contributed by atoms with Crippen LogP contribution in [0, 0.1) is 0 Å². The molecule has 0 amide bonds. The minimum atomic E-state index is -4.38. The number of hydrogen-bond donors (Lipinski definition) is 2. The highest BCUT2D eigenvalue weighted by Gasteiger charge is 2.26. The van der Waals surface area contributed by atoms with E-state index in [2.05, 4.69) is 38.2 Å². The Hall–Kier alpha value is -1.51. The molecule has 0 saturated heterocycles. The lowest BCUT2D eigenvalue weighted by atomic mass is 10.0. The highest BCUT2D eigenvalue weighted by molar-refractivity contribution is 7.47. The summed E-state index contributed by atoms with van der Waals surface area (Å²) in [7, 11) is -4.38. The topological polar surface area (TPSA) is 134 Å². The summed E-state index contributed by atoms with van der Waals surface area (Å²) in [5.41, 5.74) is 5.34. The van der Waals surface area contributed by atoms with Gasteiger partial charge in [0, 0.05) is 19.4 Å². The number of esters is 2. The molecule has 0 radical (unpaired) electrons. The average molecular weight is 772 g/mol. The predicted octanol–water partition coefficient (Wildman–Crippen LogP) is 12.4. The van der Waals surface area contributed by atoms with Crippen LogP contribution in [-0.2, 0) is 32.7 Å². The van der Waals surface area contributed by atoms with E-state index in [4.69, 9.17) is 24.3 Å². The van der Waals surface area contributed by atoms with Crippen molar-refractivity contribution in [2.24, 2.45) is 5.73 Å².